The Hall–Kier alpha value is -1.14. The molecule has 4 atom stereocenters. The molecular formula is C17H29NO5. The van der Waals surface area contributed by atoms with Crippen LogP contribution in [0.4, 0.5) is 0 Å². The van der Waals surface area contributed by atoms with Gasteiger partial charge in [-0.05, 0) is 30.6 Å². The molecule has 2 rings (SSSR count). The monoisotopic (exact) mass is 327 g/mol. The van der Waals surface area contributed by atoms with Crippen LogP contribution in [0.2, 0.25) is 0 Å². The average Bonchev–Trinajstić information content (AvgIpc) is 2.94. The highest BCUT2D eigenvalue weighted by Gasteiger charge is 2.44. The summed E-state index contributed by atoms with van der Waals surface area (Å²) < 4.78 is 11.0. The summed E-state index contributed by atoms with van der Waals surface area (Å²) in [4.78, 5) is 23.6. The fraction of sp³-hybridized carbons (Fsp3) is 0.882. The number of carboxylic acid groups (broad SMARTS) is 1. The van der Waals surface area contributed by atoms with E-state index in [9.17, 15) is 14.7 Å². The molecule has 1 heterocycles. The lowest BCUT2D eigenvalue weighted by Gasteiger charge is -2.37. The summed E-state index contributed by atoms with van der Waals surface area (Å²) in [5.74, 6) is 0.159. The zero-order valence-corrected chi connectivity index (χ0v) is 14.3. The molecule has 2 aliphatic rings. The molecule has 1 aliphatic heterocycles. The number of rotatable bonds is 6. The van der Waals surface area contributed by atoms with Crippen LogP contribution < -0.4 is 5.32 Å². The van der Waals surface area contributed by atoms with E-state index < -0.39 is 11.5 Å². The lowest BCUT2D eigenvalue weighted by atomic mass is 9.75. The third-order valence-electron chi connectivity index (χ3n) is 5.20. The number of carbonyl (C=O) groups excluding carboxylic acids is 1. The minimum Gasteiger partial charge on any atom is -0.479 e. The summed E-state index contributed by atoms with van der Waals surface area (Å²) >= 11 is 0. The van der Waals surface area contributed by atoms with Gasteiger partial charge in [-0.3, -0.25) is 4.79 Å². The summed E-state index contributed by atoms with van der Waals surface area (Å²) in [5.41, 5.74) is -1.29. The van der Waals surface area contributed by atoms with Crippen LogP contribution >= 0.6 is 0 Å². The number of hydrogen-bond acceptors (Lipinski definition) is 4. The Balaban J connectivity index is 1.88. The molecule has 4 unspecified atom stereocenters. The van der Waals surface area contributed by atoms with Gasteiger partial charge in [-0.2, -0.15) is 0 Å². The molecule has 6 nitrogen and oxygen atoms in total. The maximum Gasteiger partial charge on any atom is 0.331 e. The van der Waals surface area contributed by atoms with Gasteiger partial charge in [-0.25, -0.2) is 4.79 Å². The molecule has 1 saturated carbocycles. The second-order valence-corrected chi connectivity index (χ2v) is 7.41. The number of carboxylic acids is 1. The van der Waals surface area contributed by atoms with Crippen molar-refractivity contribution in [1.29, 1.82) is 0 Å². The lowest BCUT2D eigenvalue weighted by molar-refractivity contribution is -0.149. The van der Waals surface area contributed by atoms with E-state index in [0.29, 0.717) is 30.8 Å². The first-order chi connectivity index (χ1) is 10.8. The zero-order valence-electron chi connectivity index (χ0n) is 14.3. The van der Waals surface area contributed by atoms with Crippen molar-refractivity contribution in [3.05, 3.63) is 0 Å². The summed E-state index contributed by atoms with van der Waals surface area (Å²) in [6, 6.07) is 0. The largest absolute Gasteiger partial charge is 0.479 e. The van der Waals surface area contributed by atoms with E-state index in [-0.39, 0.29) is 25.2 Å². The standard InChI is InChI=1S/C17H29NO5/c1-11(2)13-5-4-12(3)8-14(13)23-9-15(19)18-17(16(20)21)6-7-22-10-17/h11-14H,4-10H2,1-3H3,(H,18,19)(H,20,21). The summed E-state index contributed by atoms with van der Waals surface area (Å²) in [7, 11) is 0. The highest BCUT2D eigenvalue weighted by atomic mass is 16.5. The maximum absolute atomic E-state index is 12.2. The van der Waals surface area contributed by atoms with Gasteiger partial charge in [0.25, 0.3) is 0 Å². The molecule has 0 aromatic rings. The zero-order chi connectivity index (χ0) is 17.0. The summed E-state index contributed by atoms with van der Waals surface area (Å²) in [6.45, 7) is 6.86. The van der Waals surface area contributed by atoms with Gasteiger partial charge < -0.3 is 19.9 Å². The van der Waals surface area contributed by atoms with Crippen molar-refractivity contribution in [2.45, 2.75) is 58.1 Å². The quantitative estimate of drug-likeness (QED) is 0.777. The molecule has 6 heteroatoms. The normalized spacial score (nSPS) is 34.5. The van der Waals surface area contributed by atoms with E-state index in [1.165, 1.54) is 6.42 Å². The average molecular weight is 327 g/mol. The van der Waals surface area contributed by atoms with Gasteiger partial charge in [0.05, 0.1) is 12.7 Å². The second-order valence-electron chi connectivity index (χ2n) is 7.41. The molecule has 23 heavy (non-hydrogen) atoms. The topological polar surface area (TPSA) is 84.9 Å². The molecule has 0 radical (unpaired) electrons. The van der Waals surface area contributed by atoms with E-state index in [2.05, 4.69) is 26.1 Å². The number of nitrogens with one attached hydrogen (secondary N) is 1. The number of carbonyl (C=O) groups is 2. The summed E-state index contributed by atoms with van der Waals surface area (Å²) in [5, 5.41) is 11.9. The summed E-state index contributed by atoms with van der Waals surface area (Å²) in [6.07, 6.45) is 3.66. The highest BCUT2D eigenvalue weighted by molar-refractivity contribution is 5.88. The van der Waals surface area contributed by atoms with Crippen molar-refractivity contribution in [2.24, 2.45) is 17.8 Å². The lowest BCUT2D eigenvalue weighted by Crippen LogP contribution is -2.56. The van der Waals surface area contributed by atoms with Crippen LogP contribution in [-0.2, 0) is 19.1 Å². The van der Waals surface area contributed by atoms with E-state index >= 15 is 0 Å². The fourth-order valence-corrected chi connectivity index (χ4v) is 3.68. The van der Waals surface area contributed by atoms with Crippen LogP contribution in [0.3, 0.4) is 0 Å². The number of aliphatic carboxylic acids is 1. The van der Waals surface area contributed by atoms with E-state index in [1.54, 1.807) is 0 Å². The molecule has 1 aliphatic carbocycles. The Morgan fingerprint density at radius 1 is 1.39 bits per heavy atom. The van der Waals surface area contributed by atoms with Crippen molar-refractivity contribution in [3.8, 4) is 0 Å². The van der Waals surface area contributed by atoms with Crippen LogP contribution in [0.25, 0.3) is 0 Å². The Morgan fingerprint density at radius 3 is 2.70 bits per heavy atom. The first-order valence-corrected chi connectivity index (χ1v) is 8.58. The Morgan fingerprint density at radius 2 is 2.13 bits per heavy atom. The van der Waals surface area contributed by atoms with Crippen molar-refractivity contribution in [3.63, 3.8) is 0 Å². The molecule has 2 fully saturated rings. The molecule has 0 spiro atoms. The Labute approximate surface area is 137 Å². The predicted octanol–water partition coefficient (Wildman–Crippen LogP) is 1.82. The van der Waals surface area contributed by atoms with Gasteiger partial charge in [-0.15, -0.1) is 0 Å². The molecule has 0 aromatic heterocycles. The number of amides is 1. The third-order valence-corrected chi connectivity index (χ3v) is 5.20. The van der Waals surface area contributed by atoms with Crippen LogP contribution in [0.15, 0.2) is 0 Å². The minimum atomic E-state index is -1.29. The van der Waals surface area contributed by atoms with Gasteiger partial charge in [0.2, 0.25) is 5.91 Å². The molecular weight excluding hydrogens is 298 g/mol. The van der Waals surface area contributed by atoms with Gasteiger partial charge in [0, 0.05) is 13.0 Å². The molecule has 2 N–H and O–H groups in total. The van der Waals surface area contributed by atoms with Gasteiger partial charge >= 0.3 is 5.97 Å². The van der Waals surface area contributed by atoms with E-state index in [1.807, 2.05) is 0 Å². The van der Waals surface area contributed by atoms with Crippen molar-refractivity contribution in [2.75, 3.05) is 19.8 Å². The minimum absolute atomic E-state index is 0.0170. The fourth-order valence-electron chi connectivity index (χ4n) is 3.68. The molecule has 0 aromatic carbocycles. The first kappa shape index (κ1) is 18.2. The number of hydrogen-bond donors (Lipinski definition) is 2. The van der Waals surface area contributed by atoms with Gasteiger partial charge in [0.1, 0.15) is 6.61 Å². The van der Waals surface area contributed by atoms with Crippen LogP contribution in [0.5, 0.6) is 0 Å². The van der Waals surface area contributed by atoms with E-state index in [4.69, 9.17) is 9.47 Å². The SMILES string of the molecule is CC1CCC(C(C)C)C(OCC(=O)NC2(C(=O)O)CCOC2)C1. The van der Waals surface area contributed by atoms with Gasteiger partial charge in [0.15, 0.2) is 5.54 Å². The number of ether oxygens (including phenoxy) is 2. The van der Waals surface area contributed by atoms with Crippen molar-refractivity contribution >= 4 is 11.9 Å². The van der Waals surface area contributed by atoms with Crippen molar-refractivity contribution < 1.29 is 24.2 Å². The van der Waals surface area contributed by atoms with Crippen LogP contribution in [-0.4, -0.2) is 48.4 Å². The molecule has 0 bridgehead atoms. The first-order valence-electron chi connectivity index (χ1n) is 8.58. The second kappa shape index (κ2) is 7.62. The highest BCUT2D eigenvalue weighted by Crippen LogP contribution is 2.35. The smallest absolute Gasteiger partial charge is 0.331 e. The maximum atomic E-state index is 12.2. The van der Waals surface area contributed by atoms with E-state index in [0.717, 1.165) is 12.8 Å². The molecule has 1 amide bonds. The van der Waals surface area contributed by atoms with Crippen LogP contribution in [0.1, 0.15) is 46.5 Å². The van der Waals surface area contributed by atoms with Crippen molar-refractivity contribution in [1.82, 2.24) is 5.32 Å². The predicted molar refractivity (Wildman–Crippen MR) is 85.0 cm³/mol. The Kier molecular flexibility index (Phi) is 6.03. The van der Waals surface area contributed by atoms with Gasteiger partial charge in [-0.1, -0.05) is 27.2 Å². The molecule has 132 valence electrons. The Bertz CT molecular complexity index is 431. The van der Waals surface area contributed by atoms with Crippen LogP contribution in [0, 0.1) is 17.8 Å². The molecule has 1 saturated heterocycles. The third kappa shape index (κ3) is 4.44.